The van der Waals surface area contributed by atoms with Crippen LogP contribution in [0.3, 0.4) is 0 Å². The molecule has 2 aromatic carbocycles. The second-order valence-corrected chi connectivity index (χ2v) is 6.00. The molecular weight excluding hydrogens is 374 g/mol. The summed E-state index contributed by atoms with van der Waals surface area (Å²) in [5.74, 6) is 0.302. The number of nitrogens with zero attached hydrogens (tertiary/aromatic N) is 1. The maximum absolute atomic E-state index is 12.5. The number of amides is 1. The average Bonchev–Trinajstić information content (AvgIpc) is 2.61. The molecule has 0 saturated heterocycles. The first-order valence-electron chi connectivity index (χ1n) is 7.18. The summed E-state index contributed by atoms with van der Waals surface area (Å²) < 4.78 is 6.20. The average molecular weight is 388 g/mol. The topological polar surface area (TPSA) is 84.1 Å². The maximum Gasteiger partial charge on any atom is 0.272 e. The lowest BCUT2D eigenvalue weighted by atomic mass is 10.1. The minimum absolute atomic E-state index is 0.182. The van der Waals surface area contributed by atoms with E-state index >= 15 is 0 Å². The van der Waals surface area contributed by atoms with E-state index < -0.39 is 0 Å². The normalized spacial score (nSPS) is 10.6. The number of halogens is 1. The van der Waals surface area contributed by atoms with Crippen molar-refractivity contribution in [2.24, 2.45) is 0 Å². The van der Waals surface area contributed by atoms with Gasteiger partial charge in [0.25, 0.3) is 11.5 Å². The molecule has 0 aliphatic rings. The van der Waals surface area contributed by atoms with Gasteiger partial charge in [-0.2, -0.15) is 5.10 Å². The zero-order valence-electron chi connectivity index (χ0n) is 12.8. The van der Waals surface area contributed by atoms with Crippen LogP contribution in [-0.2, 0) is 6.54 Å². The molecule has 0 spiro atoms. The van der Waals surface area contributed by atoms with E-state index in [1.807, 2.05) is 18.2 Å². The highest BCUT2D eigenvalue weighted by Gasteiger charge is 2.14. The molecule has 6 nitrogen and oxygen atoms in total. The molecule has 3 rings (SSSR count). The molecule has 7 heteroatoms. The Kier molecular flexibility index (Phi) is 4.61. The number of aromatic amines is 1. The Bertz CT molecular complexity index is 969. The van der Waals surface area contributed by atoms with Crippen LogP contribution >= 0.6 is 15.9 Å². The molecule has 1 amide bonds. The van der Waals surface area contributed by atoms with Crippen molar-refractivity contribution in [2.75, 3.05) is 7.11 Å². The molecule has 24 heavy (non-hydrogen) atoms. The predicted octanol–water partition coefficient (Wildman–Crippen LogP) is 2.62. The number of hydrogen-bond acceptors (Lipinski definition) is 4. The van der Waals surface area contributed by atoms with E-state index in [0.29, 0.717) is 16.5 Å². The second kappa shape index (κ2) is 6.84. The van der Waals surface area contributed by atoms with Crippen molar-refractivity contribution in [2.45, 2.75) is 6.54 Å². The molecule has 0 radical (unpaired) electrons. The second-order valence-electron chi connectivity index (χ2n) is 5.09. The summed E-state index contributed by atoms with van der Waals surface area (Å²) in [7, 11) is 1.57. The van der Waals surface area contributed by atoms with Gasteiger partial charge < -0.3 is 10.1 Å². The van der Waals surface area contributed by atoms with Gasteiger partial charge >= 0.3 is 0 Å². The van der Waals surface area contributed by atoms with Gasteiger partial charge in [0.15, 0.2) is 5.69 Å². The molecule has 0 aliphatic carbocycles. The molecule has 0 atom stereocenters. The van der Waals surface area contributed by atoms with E-state index in [-0.39, 0.29) is 23.7 Å². The number of carbonyl (C=O) groups is 1. The lowest BCUT2D eigenvalue weighted by molar-refractivity contribution is 0.0946. The molecule has 1 aromatic heterocycles. The number of H-pyrrole nitrogens is 1. The van der Waals surface area contributed by atoms with Crippen molar-refractivity contribution in [1.29, 1.82) is 0 Å². The van der Waals surface area contributed by atoms with Gasteiger partial charge in [0.05, 0.1) is 12.5 Å². The van der Waals surface area contributed by atoms with Crippen molar-refractivity contribution in [3.63, 3.8) is 0 Å². The van der Waals surface area contributed by atoms with Crippen LogP contribution in [0.2, 0.25) is 0 Å². The highest BCUT2D eigenvalue weighted by Crippen LogP contribution is 2.23. The Morgan fingerprint density at radius 2 is 2.00 bits per heavy atom. The molecule has 122 valence electrons. The Hall–Kier alpha value is -2.67. The Morgan fingerprint density at radius 1 is 1.25 bits per heavy atom. The number of carbonyl (C=O) groups excluding carboxylic acids is 1. The summed E-state index contributed by atoms with van der Waals surface area (Å²) in [6.45, 7) is 0.282. The van der Waals surface area contributed by atoms with Crippen LogP contribution in [-0.4, -0.2) is 23.2 Å². The van der Waals surface area contributed by atoms with Crippen LogP contribution in [0.25, 0.3) is 10.8 Å². The zero-order chi connectivity index (χ0) is 17.1. The largest absolute Gasteiger partial charge is 0.496 e. The van der Waals surface area contributed by atoms with Gasteiger partial charge in [-0.1, -0.05) is 40.2 Å². The first-order valence-corrected chi connectivity index (χ1v) is 7.97. The Labute approximate surface area is 146 Å². The summed E-state index contributed by atoms with van der Waals surface area (Å²) in [5.41, 5.74) is 0.695. The standard InChI is InChI=1S/C17H14BrN3O3/c1-24-14-8-11(18)7-6-10(14)9-19-17(23)15-12-4-2-3-5-13(12)16(22)21-20-15/h2-8H,9H2,1H3,(H,19,23)(H,21,22). The van der Waals surface area contributed by atoms with E-state index in [9.17, 15) is 9.59 Å². The van der Waals surface area contributed by atoms with Crippen LogP contribution in [0, 0.1) is 0 Å². The smallest absolute Gasteiger partial charge is 0.272 e. The van der Waals surface area contributed by atoms with E-state index in [4.69, 9.17) is 4.74 Å². The SMILES string of the molecule is COc1cc(Br)ccc1CNC(=O)c1n[nH]c(=O)c2ccccc12. The van der Waals surface area contributed by atoms with E-state index in [1.165, 1.54) is 0 Å². The molecular formula is C17H14BrN3O3. The number of fused-ring (bicyclic) bond motifs is 1. The van der Waals surface area contributed by atoms with Gasteiger partial charge in [0.1, 0.15) is 5.75 Å². The van der Waals surface area contributed by atoms with Crippen molar-refractivity contribution in [3.05, 3.63) is 68.5 Å². The molecule has 0 aliphatic heterocycles. The lowest BCUT2D eigenvalue weighted by Crippen LogP contribution is -2.26. The van der Waals surface area contributed by atoms with E-state index in [1.54, 1.807) is 31.4 Å². The molecule has 0 unspecified atom stereocenters. The molecule has 0 bridgehead atoms. The number of aromatic nitrogens is 2. The zero-order valence-corrected chi connectivity index (χ0v) is 14.4. The summed E-state index contributed by atoms with van der Waals surface area (Å²) in [6.07, 6.45) is 0. The van der Waals surface area contributed by atoms with Gasteiger partial charge in [-0.25, -0.2) is 5.10 Å². The van der Waals surface area contributed by atoms with Gasteiger partial charge in [-0.15, -0.1) is 0 Å². The Morgan fingerprint density at radius 3 is 2.75 bits per heavy atom. The summed E-state index contributed by atoms with van der Waals surface area (Å²) in [5, 5.41) is 9.99. The summed E-state index contributed by atoms with van der Waals surface area (Å²) in [4.78, 5) is 24.2. The van der Waals surface area contributed by atoms with Crippen LogP contribution < -0.4 is 15.6 Å². The van der Waals surface area contributed by atoms with Crippen molar-refractivity contribution < 1.29 is 9.53 Å². The van der Waals surface area contributed by atoms with Gasteiger partial charge in [0.2, 0.25) is 0 Å². The molecule has 2 N–H and O–H groups in total. The van der Waals surface area contributed by atoms with Gasteiger partial charge in [0, 0.05) is 22.0 Å². The molecule has 0 saturated carbocycles. The third-order valence-electron chi connectivity index (χ3n) is 3.60. The monoisotopic (exact) mass is 387 g/mol. The number of rotatable bonds is 4. The van der Waals surface area contributed by atoms with Crippen LogP contribution in [0.15, 0.2) is 51.7 Å². The minimum atomic E-state index is -0.368. The number of ether oxygens (including phenoxy) is 1. The molecule has 3 aromatic rings. The van der Waals surface area contributed by atoms with Crippen molar-refractivity contribution in [3.8, 4) is 5.75 Å². The fraction of sp³-hybridized carbons (Fsp3) is 0.118. The lowest BCUT2D eigenvalue weighted by Gasteiger charge is -2.10. The maximum atomic E-state index is 12.5. The van der Waals surface area contributed by atoms with Gasteiger partial charge in [-0.3, -0.25) is 9.59 Å². The minimum Gasteiger partial charge on any atom is -0.496 e. The van der Waals surface area contributed by atoms with E-state index in [0.717, 1.165) is 10.0 Å². The van der Waals surface area contributed by atoms with Crippen molar-refractivity contribution >= 4 is 32.6 Å². The molecule has 0 fully saturated rings. The fourth-order valence-electron chi connectivity index (χ4n) is 2.41. The first kappa shape index (κ1) is 16.2. The number of hydrogen-bond donors (Lipinski definition) is 2. The first-order chi connectivity index (χ1) is 11.6. The predicted molar refractivity (Wildman–Crippen MR) is 94.2 cm³/mol. The van der Waals surface area contributed by atoms with Crippen LogP contribution in [0.1, 0.15) is 16.1 Å². The summed E-state index contributed by atoms with van der Waals surface area (Å²) >= 11 is 3.38. The quantitative estimate of drug-likeness (QED) is 0.720. The fourth-order valence-corrected chi connectivity index (χ4v) is 2.75. The number of benzene rings is 2. The Balaban J connectivity index is 1.87. The highest BCUT2D eigenvalue weighted by atomic mass is 79.9. The van der Waals surface area contributed by atoms with Crippen LogP contribution in [0.5, 0.6) is 5.75 Å². The number of nitrogens with one attached hydrogen (secondary N) is 2. The highest BCUT2D eigenvalue weighted by molar-refractivity contribution is 9.10. The third-order valence-corrected chi connectivity index (χ3v) is 4.09. The summed E-state index contributed by atoms with van der Waals surface area (Å²) in [6, 6.07) is 12.4. The van der Waals surface area contributed by atoms with Crippen molar-refractivity contribution in [1.82, 2.24) is 15.5 Å². The number of methoxy groups -OCH3 is 1. The van der Waals surface area contributed by atoms with Gasteiger partial charge in [-0.05, 0) is 18.2 Å². The van der Waals surface area contributed by atoms with Crippen LogP contribution in [0.4, 0.5) is 0 Å². The molecule has 1 heterocycles. The third kappa shape index (κ3) is 3.16. The van der Waals surface area contributed by atoms with E-state index in [2.05, 4.69) is 31.4 Å².